The molecule has 0 aliphatic carbocycles. The molecule has 0 spiro atoms. The minimum absolute atomic E-state index is 0.136. The minimum atomic E-state index is -1.24. The molecule has 12 heteroatoms. The van der Waals surface area contributed by atoms with Crippen LogP contribution >= 0.6 is 0 Å². The van der Waals surface area contributed by atoms with Crippen LogP contribution in [0.15, 0.2) is 72.9 Å². The summed E-state index contributed by atoms with van der Waals surface area (Å²) in [6.07, 6.45) is 2.82. The van der Waals surface area contributed by atoms with Crippen molar-refractivity contribution in [1.29, 1.82) is 0 Å². The Morgan fingerprint density at radius 1 is 0.857 bits per heavy atom. The number of unbranched alkanes of at least 4 members (excludes halogenated alkanes) is 1. The number of hydrogen-bond acceptors (Lipinski definition) is 10. The van der Waals surface area contributed by atoms with Gasteiger partial charge in [-0.25, -0.2) is 13.9 Å². The Hall–Kier alpha value is -4.94. The summed E-state index contributed by atoms with van der Waals surface area (Å²) in [5.41, 5.74) is 3.13. The van der Waals surface area contributed by atoms with E-state index in [-0.39, 0.29) is 11.8 Å². The van der Waals surface area contributed by atoms with Crippen molar-refractivity contribution >= 4 is 11.5 Å². The van der Waals surface area contributed by atoms with Gasteiger partial charge in [0.15, 0.2) is 23.0 Å². The monoisotopic (exact) mass is 672 g/mol. The Morgan fingerprint density at radius 2 is 1.49 bits per heavy atom. The molecular formula is C37H45FN6O5. The van der Waals surface area contributed by atoms with Crippen molar-refractivity contribution in [3.8, 4) is 23.3 Å². The van der Waals surface area contributed by atoms with E-state index in [2.05, 4.69) is 21.9 Å². The number of anilines is 1. The standard InChI is InChI=1S/C37H45FN6O5/c1-6-7-20-49-37-40-36(43(24-26-9-14-29(46-4)15-10-26)25-27-11-16-30(47-5)17-12-27)35-39-23-32(44(35)41-37)34(45)28-13-18-33(31(38)22-28)48-21-8-19-42(2)3/h9-18,22-23,34,45H,6-8,19-21,24-25H2,1-5H3. The Bertz CT molecular complexity index is 1730. The third-order valence-corrected chi connectivity index (χ3v) is 8.00. The van der Waals surface area contributed by atoms with Crippen molar-refractivity contribution in [1.82, 2.24) is 24.5 Å². The summed E-state index contributed by atoms with van der Waals surface area (Å²) in [6.45, 7) is 4.67. The van der Waals surface area contributed by atoms with Gasteiger partial charge < -0.3 is 33.9 Å². The number of fused-ring (bicyclic) bond motifs is 1. The second kappa shape index (κ2) is 16.9. The van der Waals surface area contributed by atoms with Gasteiger partial charge in [0.25, 0.3) is 0 Å². The molecule has 3 aromatic carbocycles. The lowest BCUT2D eigenvalue weighted by Gasteiger charge is -2.25. The highest BCUT2D eigenvalue weighted by molar-refractivity contribution is 5.65. The topological polar surface area (TPSA) is 107 Å². The van der Waals surface area contributed by atoms with Crippen molar-refractivity contribution in [2.45, 2.75) is 45.4 Å². The Kier molecular flexibility index (Phi) is 12.2. The number of rotatable bonds is 18. The van der Waals surface area contributed by atoms with E-state index in [1.807, 2.05) is 67.5 Å². The fraction of sp³-hybridized carbons (Fsp3) is 0.378. The van der Waals surface area contributed by atoms with Gasteiger partial charge in [0.2, 0.25) is 0 Å². The SMILES string of the molecule is CCCCOc1nc(N(Cc2ccc(OC)cc2)Cc2ccc(OC)cc2)c2ncc(C(O)c3ccc(OCCCN(C)C)c(F)c3)n2n1. The molecule has 2 heterocycles. The fourth-order valence-electron chi connectivity index (χ4n) is 5.28. The van der Waals surface area contributed by atoms with Crippen LogP contribution in [0.4, 0.5) is 10.2 Å². The lowest BCUT2D eigenvalue weighted by molar-refractivity contribution is 0.210. The second-order valence-electron chi connectivity index (χ2n) is 12.0. The van der Waals surface area contributed by atoms with Gasteiger partial charge in [0, 0.05) is 19.6 Å². The van der Waals surface area contributed by atoms with Crippen molar-refractivity contribution < 1.29 is 28.4 Å². The number of methoxy groups -OCH3 is 2. The van der Waals surface area contributed by atoms with Gasteiger partial charge in [-0.2, -0.15) is 4.98 Å². The largest absolute Gasteiger partial charge is 0.497 e. The molecule has 5 aromatic rings. The zero-order chi connectivity index (χ0) is 34.8. The number of imidazole rings is 1. The minimum Gasteiger partial charge on any atom is -0.497 e. The first-order chi connectivity index (χ1) is 23.8. The second-order valence-corrected chi connectivity index (χ2v) is 12.0. The molecule has 0 saturated heterocycles. The van der Waals surface area contributed by atoms with Gasteiger partial charge in [-0.1, -0.05) is 43.7 Å². The Morgan fingerprint density at radius 3 is 2.06 bits per heavy atom. The molecule has 0 aliphatic heterocycles. The zero-order valence-electron chi connectivity index (χ0n) is 28.8. The van der Waals surface area contributed by atoms with E-state index in [0.717, 1.165) is 48.4 Å². The molecule has 1 unspecified atom stereocenters. The maximum atomic E-state index is 15.1. The summed E-state index contributed by atoms with van der Waals surface area (Å²) >= 11 is 0. The molecule has 260 valence electrons. The Labute approximate surface area is 286 Å². The van der Waals surface area contributed by atoms with E-state index in [1.54, 1.807) is 20.3 Å². The third kappa shape index (κ3) is 9.15. The molecule has 0 radical (unpaired) electrons. The predicted octanol–water partition coefficient (Wildman–Crippen LogP) is 6.08. The van der Waals surface area contributed by atoms with Crippen molar-refractivity contribution in [2.24, 2.45) is 0 Å². The molecule has 2 aromatic heterocycles. The van der Waals surface area contributed by atoms with Gasteiger partial charge in [-0.3, -0.25) is 0 Å². The van der Waals surface area contributed by atoms with E-state index < -0.39 is 11.9 Å². The average molecular weight is 673 g/mol. The van der Waals surface area contributed by atoms with Crippen LogP contribution in [0.1, 0.15) is 54.7 Å². The quantitative estimate of drug-likeness (QED) is 0.110. The smallest absolute Gasteiger partial charge is 0.336 e. The Balaban J connectivity index is 1.52. The van der Waals surface area contributed by atoms with Gasteiger partial charge >= 0.3 is 6.01 Å². The van der Waals surface area contributed by atoms with Crippen LogP contribution in [0, 0.1) is 5.82 Å². The van der Waals surface area contributed by atoms with Crippen LogP contribution in [-0.4, -0.2) is 77.7 Å². The number of aliphatic hydroxyl groups excluding tert-OH is 1. The molecule has 11 nitrogen and oxygen atoms in total. The van der Waals surface area contributed by atoms with Gasteiger partial charge in [-0.05, 0) is 80.0 Å². The zero-order valence-corrected chi connectivity index (χ0v) is 28.8. The van der Waals surface area contributed by atoms with E-state index in [9.17, 15) is 5.11 Å². The number of hydrogen-bond donors (Lipinski definition) is 1. The summed E-state index contributed by atoms with van der Waals surface area (Å²) in [4.78, 5) is 13.7. The first kappa shape index (κ1) is 35.4. The molecule has 0 fully saturated rings. The van der Waals surface area contributed by atoms with Gasteiger partial charge in [0.05, 0.1) is 39.3 Å². The highest BCUT2D eigenvalue weighted by atomic mass is 19.1. The molecule has 49 heavy (non-hydrogen) atoms. The highest BCUT2D eigenvalue weighted by Crippen LogP contribution is 2.31. The van der Waals surface area contributed by atoms with E-state index in [4.69, 9.17) is 23.9 Å². The van der Waals surface area contributed by atoms with Crippen LogP contribution in [0.2, 0.25) is 0 Å². The molecular weight excluding hydrogens is 627 g/mol. The number of halogens is 1. The number of ether oxygens (including phenoxy) is 4. The number of nitrogens with zero attached hydrogens (tertiary/aromatic N) is 6. The maximum absolute atomic E-state index is 15.1. The average Bonchev–Trinajstić information content (AvgIpc) is 3.54. The molecule has 0 bridgehead atoms. The number of aliphatic hydroxyl groups is 1. The van der Waals surface area contributed by atoms with E-state index >= 15 is 4.39 Å². The normalized spacial score (nSPS) is 11.9. The van der Waals surface area contributed by atoms with Crippen LogP contribution in [-0.2, 0) is 13.1 Å². The van der Waals surface area contributed by atoms with Crippen molar-refractivity contribution in [2.75, 3.05) is 53.0 Å². The summed E-state index contributed by atoms with van der Waals surface area (Å²) in [5, 5.41) is 16.2. The first-order valence-corrected chi connectivity index (χ1v) is 16.4. The fourth-order valence-corrected chi connectivity index (χ4v) is 5.28. The molecule has 0 saturated carbocycles. The highest BCUT2D eigenvalue weighted by Gasteiger charge is 2.24. The lowest BCUT2D eigenvalue weighted by Crippen LogP contribution is -2.25. The molecule has 1 N–H and O–H groups in total. The molecule has 1 atom stereocenters. The summed E-state index contributed by atoms with van der Waals surface area (Å²) < 4.78 is 39.1. The van der Waals surface area contributed by atoms with Crippen LogP contribution < -0.4 is 23.8 Å². The first-order valence-electron chi connectivity index (χ1n) is 16.4. The van der Waals surface area contributed by atoms with E-state index in [0.29, 0.717) is 49.0 Å². The van der Waals surface area contributed by atoms with E-state index in [1.165, 1.54) is 22.8 Å². The maximum Gasteiger partial charge on any atom is 0.336 e. The lowest BCUT2D eigenvalue weighted by atomic mass is 10.1. The predicted molar refractivity (Wildman–Crippen MR) is 186 cm³/mol. The van der Waals surface area contributed by atoms with Gasteiger partial charge in [0.1, 0.15) is 17.6 Å². The third-order valence-electron chi connectivity index (χ3n) is 8.00. The van der Waals surface area contributed by atoms with Crippen molar-refractivity contribution in [3.63, 3.8) is 0 Å². The van der Waals surface area contributed by atoms with Crippen LogP contribution in [0.3, 0.4) is 0 Å². The number of benzene rings is 3. The number of aromatic nitrogens is 4. The molecule has 0 aliphatic rings. The summed E-state index contributed by atoms with van der Waals surface area (Å²) in [6, 6.07) is 20.3. The molecule has 5 rings (SSSR count). The van der Waals surface area contributed by atoms with Crippen LogP contribution in [0.5, 0.6) is 23.3 Å². The van der Waals surface area contributed by atoms with Crippen LogP contribution in [0.25, 0.3) is 5.65 Å². The summed E-state index contributed by atoms with van der Waals surface area (Å²) in [7, 11) is 7.23. The molecule has 0 amide bonds. The van der Waals surface area contributed by atoms with Gasteiger partial charge in [-0.15, -0.1) is 5.10 Å². The summed E-state index contributed by atoms with van der Waals surface area (Å²) in [5.74, 6) is 1.61. The van der Waals surface area contributed by atoms with Crippen molar-refractivity contribution in [3.05, 3.63) is 101 Å².